The second kappa shape index (κ2) is 8.11. The van der Waals surface area contributed by atoms with Gasteiger partial charge in [-0.05, 0) is 56.5 Å². The zero-order chi connectivity index (χ0) is 22.4. The molecule has 2 aromatic rings. The molecule has 0 unspecified atom stereocenters. The highest BCUT2D eigenvalue weighted by Gasteiger charge is 2.37. The lowest BCUT2D eigenvalue weighted by atomic mass is 9.93. The van der Waals surface area contributed by atoms with Crippen LogP contribution in [0.5, 0.6) is 5.75 Å². The predicted molar refractivity (Wildman–Crippen MR) is 119 cm³/mol. The minimum Gasteiger partial charge on any atom is -0.489 e. The van der Waals surface area contributed by atoms with Gasteiger partial charge in [0.2, 0.25) is 0 Å². The summed E-state index contributed by atoms with van der Waals surface area (Å²) >= 11 is 3.52. The summed E-state index contributed by atoms with van der Waals surface area (Å²) in [6, 6.07) is 0. The maximum absolute atomic E-state index is 15.5. The molecule has 2 aliphatic rings. The number of ether oxygens (including phenoxy) is 2. The summed E-state index contributed by atoms with van der Waals surface area (Å²) < 4.78 is 29.3. The number of rotatable bonds is 3. The van der Waals surface area contributed by atoms with Gasteiger partial charge in [0.05, 0.1) is 18.8 Å². The van der Waals surface area contributed by atoms with Gasteiger partial charge in [0.15, 0.2) is 17.2 Å². The van der Waals surface area contributed by atoms with Gasteiger partial charge in [-0.2, -0.15) is 0 Å². The Morgan fingerprint density at radius 3 is 2.74 bits per heavy atom. The van der Waals surface area contributed by atoms with Crippen LogP contribution in [0.4, 0.5) is 15.0 Å². The molecule has 31 heavy (non-hydrogen) atoms. The van der Waals surface area contributed by atoms with Crippen LogP contribution in [0.25, 0.3) is 5.65 Å². The van der Waals surface area contributed by atoms with Gasteiger partial charge < -0.3 is 19.7 Å². The Bertz CT molecular complexity index is 995. The average molecular weight is 498 g/mol. The van der Waals surface area contributed by atoms with E-state index in [-0.39, 0.29) is 25.5 Å². The molecule has 0 radical (unpaired) electrons. The normalized spacial score (nSPS) is 18.5. The fraction of sp³-hybridized carbons (Fsp3) is 0.667. The molecule has 170 valence electrons. The monoisotopic (exact) mass is 497 g/mol. The standard InChI is InChI=1S/C21H29BrFN5O3/c1-13-16(22)28-18(25-13)15-14(6-5-11-30-15)17(26-28)24-12-21(23)7-9-27(10-8-21)19(29)31-20(2,3)4/h5-12H2,1-4H3,(H,24,26). The number of imidazole rings is 1. The van der Waals surface area contributed by atoms with Gasteiger partial charge in [0.1, 0.15) is 15.9 Å². The van der Waals surface area contributed by atoms with Crippen molar-refractivity contribution >= 4 is 33.5 Å². The van der Waals surface area contributed by atoms with Crippen molar-refractivity contribution in [2.45, 2.75) is 64.6 Å². The summed E-state index contributed by atoms with van der Waals surface area (Å²) in [5.74, 6) is 1.33. The molecule has 4 heterocycles. The fourth-order valence-corrected chi connectivity index (χ4v) is 4.26. The van der Waals surface area contributed by atoms with E-state index < -0.39 is 11.3 Å². The molecule has 0 aliphatic carbocycles. The van der Waals surface area contributed by atoms with Crippen molar-refractivity contribution in [3.8, 4) is 5.75 Å². The van der Waals surface area contributed by atoms with Gasteiger partial charge in [0.25, 0.3) is 0 Å². The molecular weight excluding hydrogens is 469 g/mol. The molecule has 1 fully saturated rings. The largest absolute Gasteiger partial charge is 0.489 e. The number of anilines is 1. The van der Waals surface area contributed by atoms with E-state index in [9.17, 15) is 4.79 Å². The van der Waals surface area contributed by atoms with Crippen LogP contribution in [0.1, 0.15) is 51.3 Å². The highest BCUT2D eigenvalue weighted by molar-refractivity contribution is 9.10. The molecule has 2 aromatic heterocycles. The van der Waals surface area contributed by atoms with Crippen LogP contribution >= 0.6 is 15.9 Å². The van der Waals surface area contributed by atoms with Crippen LogP contribution in [0.15, 0.2) is 4.60 Å². The Labute approximate surface area is 189 Å². The van der Waals surface area contributed by atoms with E-state index >= 15 is 4.39 Å². The number of fused-ring (bicyclic) bond motifs is 3. The minimum atomic E-state index is -1.43. The summed E-state index contributed by atoms with van der Waals surface area (Å²) in [4.78, 5) is 18.4. The van der Waals surface area contributed by atoms with E-state index in [2.05, 4.69) is 31.3 Å². The summed E-state index contributed by atoms with van der Waals surface area (Å²) in [6.07, 6.45) is 1.78. The predicted octanol–water partition coefficient (Wildman–Crippen LogP) is 4.28. The van der Waals surface area contributed by atoms with Crippen LogP contribution < -0.4 is 10.1 Å². The van der Waals surface area contributed by atoms with E-state index in [0.717, 1.165) is 28.7 Å². The topological polar surface area (TPSA) is 81.0 Å². The number of carbonyl (C=O) groups is 1. The number of carbonyl (C=O) groups excluding carboxylic acids is 1. The van der Waals surface area contributed by atoms with Gasteiger partial charge in [-0.1, -0.05) is 0 Å². The third kappa shape index (κ3) is 4.58. The van der Waals surface area contributed by atoms with E-state index in [4.69, 9.17) is 9.47 Å². The quantitative estimate of drug-likeness (QED) is 0.681. The Balaban J connectivity index is 1.47. The number of alkyl halides is 1. The molecule has 0 atom stereocenters. The number of nitrogens with one attached hydrogen (secondary N) is 1. The zero-order valence-electron chi connectivity index (χ0n) is 18.4. The van der Waals surface area contributed by atoms with E-state index in [1.54, 1.807) is 9.42 Å². The number of nitrogens with zero attached hydrogens (tertiary/aromatic N) is 4. The molecule has 10 heteroatoms. The van der Waals surface area contributed by atoms with E-state index in [0.29, 0.717) is 36.9 Å². The lowest BCUT2D eigenvalue weighted by Crippen LogP contribution is -2.48. The third-order valence-corrected chi connectivity index (χ3v) is 6.53. The highest BCUT2D eigenvalue weighted by atomic mass is 79.9. The number of piperidine rings is 1. The highest BCUT2D eigenvalue weighted by Crippen LogP contribution is 2.36. The van der Waals surface area contributed by atoms with Crippen molar-refractivity contribution in [1.82, 2.24) is 19.5 Å². The first-order chi connectivity index (χ1) is 14.6. The van der Waals surface area contributed by atoms with Gasteiger partial charge in [-0.25, -0.2) is 18.7 Å². The van der Waals surface area contributed by atoms with Crippen molar-refractivity contribution in [1.29, 1.82) is 0 Å². The van der Waals surface area contributed by atoms with Gasteiger partial charge in [-0.15, -0.1) is 5.10 Å². The molecule has 1 saturated heterocycles. The molecule has 1 amide bonds. The number of amides is 1. The van der Waals surface area contributed by atoms with Crippen LogP contribution in [0.3, 0.4) is 0 Å². The van der Waals surface area contributed by atoms with E-state index in [1.165, 1.54) is 0 Å². The second-order valence-electron chi connectivity index (χ2n) is 9.30. The van der Waals surface area contributed by atoms with Gasteiger partial charge in [-0.3, -0.25) is 0 Å². The Hall–Kier alpha value is -2.10. The molecule has 0 bridgehead atoms. The summed E-state index contributed by atoms with van der Waals surface area (Å²) in [7, 11) is 0. The maximum atomic E-state index is 15.5. The van der Waals surface area contributed by atoms with Gasteiger partial charge in [0, 0.05) is 31.5 Å². The molecular formula is C21H29BrFN5O3. The Morgan fingerprint density at radius 1 is 1.35 bits per heavy atom. The van der Waals surface area contributed by atoms with Crippen LogP contribution in [0.2, 0.25) is 0 Å². The SMILES string of the molecule is Cc1nc2c3c(c(NCC4(F)CCN(C(=O)OC(C)(C)C)CC4)nn2c1Br)CCCO3. The average Bonchev–Trinajstić information content (AvgIpc) is 3.00. The number of aromatic nitrogens is 3. The zero-order valence-corrected chi connectivity index (χ0v) is 20.0. The van der Waals surface area contributed by atoms with Gasteiger partial charge >= 0.3 is 6.09 Å². The first-order valence-electron chi connectivity index (χ1n) is 10.7. The lowest BCUT2D eigenvalue weighted by Gasteiger charge is -2.37. The van der Waals surface area contributed by atoms with Crippen molar-refractivity contribution in [3.05, 3.63) is 15.9 Å². The van der Waals surface area contributed by atoms with Crippen LogP contribution in [-0.2, 0) is 11.2 Å². The molecule has 0 spiro atoms. The first-order valence-corrected chi connectivity index (χ1v) is 11.5. The summed E-state index contributed by atoms with van der Waals surface area (Å²) in [5, 5.41) is 7.90. The van der Waals surface area contributed by atoms with Crippen molar-refractivity contribution in [2.24, 2.45) is 0 Å². The molecule has 4 rings (SSSR count). The molecule has 0 saturated carbocycles. The first kappa shape index (κ1) is 22.1. The molecule has 1 N–H and O–H groups in total. The fourth-order valence-electron chi connectivity index (χ4n) is 3.92. The van der Waals surface area contributed by atoms with Crippen molar-refractivity contribution in [3.63, 3.8) is 0 Å². The summed E-state index contributed by atoms with van der Waals surface area (Å²) in [6.45, 7) is 8.77. The number of aryl methyl sites for hydroxylation is 1. The third-order valence-electron chi connectivity index (χ3n) is 5.62. The Kier molecular flexibility index (Phi) is 5.78. The number of halogens is 2. The smallest absolute Gasteiger partial charge is 0.410 e. The number of hydrogen-bond donors (Lipinski definition) is 1. The molecule has 8 nitrogen and oxygen atoms in total. The van der Waals surface area contributed by atoms with E-state index in [1.807, 2.05) is 27.7 Å². The summed E-state index contributed by atoms with van der Waals surface area (Å²) in [5.41, 5.74) is 0.433. The molecule has 0 aromatic carbocycles. The van der Waals surface area contributed by atoms with Crippen LogP contribution in [0, 0.1) is 6.92 Å². The second-order valence-corrected chi connectivity index (χ2v) is 10.1. The van der Waals surface area contributed by atoms with Crippen molar-refractivity contribution < 1.29 is 18.7 Å². The maximum Gasteiger partial charge on any atom is 0.410 e. The minimum absolute atomic E-state index is 0.116. The van der Waals surface area contributed by atoms with Crippen LogP contribution in [-0.4, -0.2) is 63.1 Å². The number of hydrogen-bond acceptors (Lipinski definition) is 6. The lowest BCUT2D eigenvalue weighted by molar-refractivity contribution is 0.00574. The number of likely N-dealkylation sites (tertiary alicyclic amines) is 1. The van der Waals surface area contributed by atoms with Crippen molar-refractivity contribution in [2.75, 3.05) is 31.6 Å². The molecule has 2 aliphatic heterocycles. The Morgan fingerprint density at radius 2 is 2.06 bits per heavy atom.